The highest BCUT2D eigenvalue weighted by molar-refractivity contribution is 5.24. The SMILES string of the molecule is Cc1ccc(C(N)C(C)N2C[C@@H](C)O[C@@H](C)C2)cc1. The van der Waals surface area contributed by atoms with E-state index in [1.54, 1.807) is 0 Å². The molecule has 0 amide bonds. The van der Waals surface area contributed by atoms with Crippen LogP contribution in [0.1, 0.15) is 37.9 Å². The summed E-state index contributed by atoms with van der Waals surface area (Å²) in [5.41, 5.74) is 8.92. The number of morpholine rings is 1. The fourth-order valence-corrected chi connectivity index (χ4v) is 2.84. The second-order valence-electron chi connectivity index (χ2n) is 5.89. The molecule has 0 saturated carbocycles. The highest BCUT2D eigenvalue weighted by Crippen LogP contribution is 2.22. The average Bonchev–Trinajstić information content (AvgIpc) is 2.37. The zero-order chi connectivity index (χ0) is 14.0. The maximum Gasteiger partial charge on any atom is 0.0678 e. The van der Waals surface area contributed by atoms with Crippen molar-refractivity contribution in [3.8, 4) is 0 Å². The van der Waals surface area contributed by atoms with Crippen LogP contribution in [0.15, 0.2) is 24.3 Å². The number of rotatable bonds is 3. The van der Waals surface area contributed by atoms with E-state index in [4.69, 9.17) is 10.5 Å². The van der Waals surface area contributed by atoms with Crippen LogP contribution in [0.4, 0.5) is 0 Å². The first-order chi connectivity index (χ1) is 8.97. The van der Waals surface area contributed by atoms with Crippen LogP contribution in [0, 0.1) is 6.92 Å². The van der Waals surface area contributed by atoms with Gasteiger partial charge in [-0.15, -0.1) is 0 Å². The van der Waals surface area contributed by atoms with Crippen LogP contribution in [-0.4, -0.2) is 36.2 Å². The molecule has 1 aromatic carbocycles. The van der Waals surface area contributed by atoms with E-state index in [-0.39, 0.29) is 18.2 Å². The van der Waals surface area contributed by atoms with Crippen LogP contribution in [-0.2, 0) is 4.74 Å². The molecule has 3 nitrogen and oxygen atoms in total. The van der Waals surface area contributed by atoms with E-state index in [9.17, 15) is 0 Å². The molecule has 1 heterocycles. The third-order valence-electron chi connectivity index (χ3n) is 4.01. The lowest BCUT2D eigenvalue weighted by atomic mass is 9.98. The number of hydrogen-bond donors (Lipinski definition) is 1. The van der Waals surface area contributed by atoms with Crippen LogP contribution in [0.5, 0.6) is 0 Å². The Morgan fingerprint density at radius 3 is 2.21 bits per heavy atom. The zero-order valence-corrected chi connectivity index (χ0v) is 12.5. The quantitative estimate of drug-likeness (QED) is 0.909. The minimum Gasteiger partial charge on any atom is -0.373 e. The van der Waals surface area contributed by atoms with Crippen molar-refractivity contribution in [2.45, 2.75) is 52.0 Å². The van der Waals surface area contributed by atoms with Gasteiger partial charge in [-0.1, -0.05) is 29.8 Å². The molecule has 0 aliphatic carbocycles. The third-order valence-corrected chi connectivity index (χ3v) is 4.01. The Kier molecular flexibility index (Phi) is 4.61. The summed E-state index contributed by atoms with van der Waals surface area (Å²) in [4.78, 5) is 2.45. The molecule has 2 unspecified atom stereocenters. The smallest absolute Gasteiger partial charge is 0.0678 e. The van der Waals surface area contributed by atoms with Crippen LogP contribution >= 0.6 is 0 Å². The standard InChI is InChI=1S/C16H26N2O/c1-11-5-7-15(8-6-11)16(17)14(4)18-9-12(2)19-13(3)10-18/h5-8,12-14,16H,9-10,17H2,1-4H3/t12-,13+,14?,16?. The zero-order valence-electron chi connectivity index (χ0n) is 12.5. The van der Waals surface area contributed by atoms with Gasteiger partial charge in [0.25, 0.3) is 0 Å². The second kappa shape index (κ2) is 6.04. The Bertz CT molecular complexity index is 394. The van der Waals surface area contributed by atoms with Crippen LogP contribution in [0.25, 0.3) is 0 Å². The summed E-state index contributed by atoms with van der Waals surface area (Å²) in [5, 5.41) is 0. The minimum atomic E-state index is 0.0538. The molecule has 106 valence electrons. The summed E-state index contributed by atoms with van der Waals surface area (Å²) in [6, 6.07) is 8.93. The van der Waals surface area contributed by atoms with Crippen LogP contribution in [0.2, 0.25) is 0 Å². The summed E-state index contributed by atoms with van der Waals surface area (Å²) in [5.74, 6) is 0. The van der Waals surface area contributed by atoms with E-state index >= 15 is 0 Å². The van der Waals surface area contributed by atoms with E-state index in [2.05, 4.69) is 56.9 Å². The fraction of sp³-hybridized carbons (Fsp3) is 0.625. The molecule has 1 aliphatic heterocycles. The van der Waals surface area contributed by atoms with Crippen molar-refractivity contribution in [1.82, 2.24) is 4.90 Å². The first-order valence-corrected chi connectivity index (χ1v) is 7.19. The van der Waals surface area contributed by atoms with E-state index in [1.165, 1.54) is 11.1 Å². The van der Waals surface area contributed by atoms with Crippen LogP contribution < -0.4 is 5.73 Å². The first kappa shape index (κ1) is 14.5. The van der Waals surface area contributed by atoms with Crippen molar-refractivity contribution in [3.63, 3.8) is 0 Å². The summed E-state index contributed by atoms with van der Waals surface area (Å²) in [7, 11) is 0. The lowest BCUT2D eigenvalue weighted by Crippen LogP contribution is -2.52. The van der Waals surface area contributed by atoms with Crippen molar-refractivity contribution in [2.24, 2.45) is 5.73 Å². The molecule has 0 spiro atoms. The molecule has 19 heavy (non-hydrogen) atoms. The highest BCUT2D eigenvalue weighted by Gasteiger charge is 2.29. The van der Waals surface area contributed by atoms with Gasteiger partial charge in [0.1, 0.15) is 0 Å². The first-order valence-electron chi connectivity index (χ1n) is 7.19. The van der Waals surface area contributed by atoms with Gasteiger partial charge in [0.2, 0.25) is 0 Å². The Hall–Kier alpha value is -0.900. The molecule has 2 N–H and O–H groups in total. The van der Waals surface area contributed by atoms with Gasteiger partial charge in [0.05, 0.1) is 12.2 Å². The normalized spacial score (nSPS) is 28.1. The average molecular weight is 262 g/mol. The molecule has 1 aromatic rings. The maximum absolute atomic E-state index is 6.43. The van der Waals surface area contributed by atoms with Gasteiger partial charge in [-0.3, -0.25) is 4.90 Å². The number of ether oxygens (including phenoxy) is 1. The molecule has 0 aromatic heterocycles. The molecular formula is C16H26N2O. The third kappa shape index (κ3) is 3.56. The van der Waals surface area contributed by atoms with Gasteiger partial charge in [-0.25, -0.2) is 0 Å². The highest BCUT2D eigenvalue weighted by atomic mass is 16.5. The molecule has 4 atom stereocenters. The van der Waals surface area contributed by atoms with Gasteiger partial charge in [0.15, 0.2) is 0 Å². The van der Waals surface area contributed by atoms with E-state index in [0.717, 1.165) is 13.1 Å². The lowest BCUT2D eigenvalue weighted by molar-refractivity contribution is -0.0809. The Balaban J connectivity index is 2.05. The number of aryl methyl sites for hydroxylation is 1. The van der Waals surface area contributed by atoms with Gasteiger partial charge in [-0.05, 0) is 33.3 Å². The predicted molar refractivity (Wildman–Crippen MR) is 79.2 cm³/mol. The summed E-state index contributed by atoms with van der Waals surface area (Å²) in [6.45, 7) is 10.5. The molecule has 1 aliphatic rings. The van der Waals surface area contributed by atoms with Crippen molar-refractivity contribution in [3.05, 3.63) is 35.4 Å². The topological polar surface area (TPSA) is 38.5 Å². The molecule has 0 bridgehead atoms. The van der Waals surface area contributed by atoms with E-state index in [1.807, 2.05) is 0 Å². The number of benzene rings is 1. The molecule has 1 saturated heterocycles. The lowest BCUT2D eigenvalue weighted by Gasteiger charge is -2.41. The fourth-order valence-electron chi connectivity index (χ4n) is 2.84. The van der Waals surface area contributed by atoms with Gasteiger partial charge >= 0.3 is 0 Å². The van der Waals surface area contributed by atoms with Crippen molar-refractivity contribution < 1.29 is 4.74 Å². The van der Waals surface area contributed by atoms with Crippen molar-refractivity contribution >= 4 is 0 Å². The molecular weight excluding hydrogens is 236 g/mol. The maximum atomic E-state index is 6.43. The van der Waals surface area contributed by atoms with E-state index < -0.39 is 0 Å². The van der Waals surface area contributed by atoms with Gasteiger partial charge in [0, 0.05) is 25.2 Å². The van der Waals surface area contributed by atoms with Gasteiger partial charge < -0.3 is 10.5 Å². The number of nitrogens with zero attached hydrogens (tertiary/aromatic N) is 1. The molecule has 2 rings (SSSR count). The van der Waals surface area contributed by atoms with Crippen molar-refractivity contribution in [2.75, 3.05) is 13.1 Å². The Morgan fingerprint density at radius 1 is 1.16 bits per heavy atom. The minimum absolute atomic E-state index is 0.0538. The summed E-state index contributed by atoms with van der Waals surface area (Å²) < 4.78 is 5.79. The van der Waals surface area contributed by atoms with Gasteiger partial charge in [-0.2, -0.15) is 0 Å². The van der Waals surface area contributed by atoms with E-state index in [0.29, 0.717) is 6.04 Å². The number of nitrogens with two attached hydrogens (primary N) is 1. The monoisotopic (exact) mass is 262 g/mol. The van der Waals surface area contributed by atoms with Crippen LogP contribution in [0.3, 0.4) is 0 Å². The summed E-state index contributed by atoms with van der Waals surface area (Å²) >= 11 is 0. The Morgan fingerprint density at radius 2 is 1.68 bits per heavy atom. The molecule has 0 radical (unpaired) electrons. The largest absolute Gasteiger partial charge is 0.373 e. The predicted octanol–water partition coefficient (Wildman–Crippen LogP) is 2.49. The summed E-state index contributed by atoms with van der Waals surface area (Å²) in [6.07, 6.45) is 0.577. The Labute approximate surface area is 116 Å². The molecule has 1 fully saturated rings. The molecule has 3 heteroatoms. The van der Waals surface area contributed by atoms with Crippen molar-refractivity contribution in [1.29, 1.82) is 0 Å². The second-order valence-corrected chi connectivity index (χ2v) is 5.89. The number of hydrogen-bond acceptors (Lipinski definition) is 3.